The molecule has 0 saturated carbocycles. The maximum Gasteiger partial charge on any atom is 0.270 e. The lowest BCUT2D eigenvalue weighted by molar-refractivity contribution is 0.0107. The number of imidazole rings is 1. The van der Waals surface area contributed by atoms with E-state index >= 15 is 0 Å². The fourth-order valence-corrected chi connectivity index (χ4v) is 3.37. The maximum absolute atomic E-state index is 11.2. The highest BCUT2D eigenvalue weighted by Crippen LogP contribution is 2.42. The molecule has 1 saturated heterocycles. The average Bonchev–Trinajstić information content (AvgIpc) is 2.92. The minimum atomic E-state index is -1.12. The molecule has 0 aliphatic carbocycles. The number of terminal acetylenes is 1. The first-order chi connectivity index (χ1) is 9.01. The van der Waals surface area contributed by atoms with E-state index in [4.69, 9.17) is 17.3 Å². The Morgan fingerprint density at radius 1 is 1.58 bits per heavy atom. The number of nitrogens with zero attached hydrogens (tertiary/aromatic N) is 2. The summed E-state index contributed by atoms with van der Waals surface area (Å²) in [5, 5.41) is 27.7. The number of rotatable bonds is 3. The minimum Gasteiger partial charge on any atom is -0.395 e. The second kappa shape index (κ2) is 5.22. The smallest absolute Gasteiger partial charge is 0.270 e. The van der Waals surface area contributed by atoms with Crippen molar-refractivity contribution in [2.75, 3.05) is 6.61 Å². The Morgan fingerprint density at radius 3 is 2.74 bits per heavy atom. The molecular formula is C11H13N3O4S. The number of nitrogens with two attached hydrogens (primary N) is 1. The molecule has 1 aromatic heterocycles. The molecule has 0 bridgehead atoms. The van der Waals surface area contributed by atoms with Crippen molar-refractivity contribution in [3.05, 3.63) is 17.7 Å². The summed E-state index contributed by atoms with van der Waals surface area (Å²) in [6.07, 6.45) is 4.42. The maximum atomic E-state index is 11.2. The van der Waals surface area contributed by atoms with Gasteiger partial charge in [0.15, 0.2) is 5.69 Å². The van der Waals surface area contributed by atoms with Crippen molar-refractivity contribution in [2.24, 2.45) is 5.73 Å². The predicted octanol–water partition coefficient (Wildman–Crippen LogP) is -1.71. The van der Waals surface area contributed by atoms with Gasteiger partial charge in [-0.25, -0.2) is 4.98 Å². The van der Waals surface area contributed by atoms with Gasteiger partial charge in [0.1, 0.15) is 17.2 Å². The number of aliphatic hydroxyl groups is 3. The zero-order chi connectivity index (χ0) is 14.2. The van der Waals surface area contributed by atoms with Crippen molar-refractivity contribution < 1.29 is 20.1 Å². The van der Waals surface area contributed by atoms with Crippen LogP contribution in [0.4, 0.5) is 0 Å². The average molecular weight is 283 g/mol. The lowest BCUT2D eigenvalue weighted by Crippen LogP contribution is -2.33. The Labute approximate surface area is 113 Å². The number of hydrogen-bond donors (Lipinski definition) is 4. The number of carbonyl (C=O) groups excluding carboxylic acids is 1. The van der Waals surface area contributed by atoms with E-state index in [1.54, 1.807) is 0 Å². The molecule has 1 amide bonds. The normalized spacial score (nSPS) is 30.2. The number of carbonyl (C=O) groups is 1. The van der Waals surface area contributed by atoms with E-state index in [1.165, 1.54) is 10.9 Å². The quantitative estimate of drug-likeness (QED) is 0.490. The Balaban J connectivity index is 2.39. The van der Waals surface area contributed by atoms with E-state index in [1.807, 2.05) is 0 Å². The first-order valence-corrected chi connectivity index (χ1v) is 6.41. The van der Waals surface area contributed by atoms with Crippen molar-refractivity contribution in [1.29, 1.82) is 0 Å². The van der Waals surface area contributed by atoms with Crippen LogP contribution < -0.4 is 5.73 Å². The highest BCUT2D eigenvalue weighted by molar-refractivity contribution is 8.00. The van der Waals surface area contributed by atoms with Crippen LogP contribution in [-0.2, 0) is 0 Å². The third-order valence-electron chi connectivity index (χ3n) is 2.96. The number of hydrogen-bond acceptors (Lipinski definition) is 6. The van der Waals surface area contributed by atoms with Gasteiger partial charge in [0.2, 0.25) is 0 Å². The second-order valence-corrected chi connectivity index (χ2v) is 5.45. The number of aliphatic hydroxyl groups excluding tert-OH is 3. The molecule has 1 aliphatic rings. The van der Waals surface area contributed by atoms with Crippen LogP contribution in [0, 0.1) is 12.3 Å². The molecule has 8 heteroatoms. The van der Waals surface area contributed by atoms with Crippen molar-refractivity contribution in [3.63, 3.8) is 0 Å². The van der Waals surface area contributed by atoms with Crippen molar-refractivity contribution in [3.8, 4) is 12.3 Å². The third kappa shape index (κ3) is 2.21. The van der Waals surface area contributed by atoms with Gasteiger partial charge in [-0.2, -0.15) is 0 Å². The summed E-state index contributed by atoms with van der Waals surface area (Å²) in [6.45, 7) is -0.276. The number of amides is 1. The van der Waals surface area contributed by atoms with Crippen LogP contribution in [0.2, 0.25) is 0 Å². The molecule has 1 aromatic rings. The first-order valence-electron chi connectivity index (χ1n) is 5.47. The molecule has 102 valence electrons. The van der Waals surface area contributed by atoms with E-state index in [-0.39, 0.29) is 18.0 Å². The first kappa shape index (κ1) is 13.9. The monoisotopic (exact) mass is 283 g/mol. The highest BCUT2D eigenvalue weighted by atomic mass is 32.2. The lowest BCUT2D eigenvalue weighted by atomic mass is 10.1. The molecule has 0 aromatic carbocycles. The van der Waals surface area contributed by atoms with Gasteiger partial charge < -0.3 is 25.6 Å². The van der Waals surface area contributed by atoms with Crippen LogP contribution in [0.15, 0.2) is 6.33 Å². The molecule has 0 spiro atoms. The Morgan fingerprint density at radius 2 is 2.26 bits per heavy atom. The molecule has 1 fully saturated rings. The summed E-state index contributed by atoms with van der Waals surface area (Å²) in [4.78, 5) is 15.0. The summed E-state index contributed by atoms with van der Waals surface area (Å²) in [7, 11) is 0. The molecular weight excluding hydrogens is 270 g/mol. The summed E-state index contributed by atoms with van der Waals surface area (Å²) in [5.74, 6) is 1.54. The van der Waals surface area contributed by atoms with Crippen molar-refractivity contribution >= 4 is 17.7 Å². The highest BCUT2D eigenvalue weighted by Gasteiger charge is 2.43. The molecule has 5 N–H and O–H groups in total. The van der Waals surface area contributed by atoms with E-state index in [0.29, 0.717) is 0 Å². The zero-order valence-electron chi connectivity index (χ0n) is 9.80. The van der Waals surface area contributed by atoms with E-state index in [2.05, 4.69) is 10.9 Å². The number of aromatic nitrogens is 2. The zero-order valence-corrected chi connectivity index (χ0v) is 10.6. The van der Waals surface area contributed by atoms with E-state index < -0.39 is 28.7 Å². The summed E-state index contributed by atoms with van der Waals surface area (Å²) in [6, 6.07) is 0. The Bertz CT molecular complexity index is 539. The van der Waals surface area contributed by atoms with Crippen LogP contribution in [0.3, 0.4) is 0 Å². The largest absolute Gasteiger partial charge is 0.395 e. The molecule has 2 rings (SSSR count). The van der Waals surface area contributed by atoms with Crippen LogP contribution >= 0.6 is 11.8 Å². The van der Waals surface area contributed by atoms with Crippen LogP contribution in [-0.4, -0.2) is 54.8 Å². The van der Waals surface area contributed by atoms with Gasteiger partial charge in [-0.3, -0.25) is 4.79 Å². The molecule has 2 heterocycles. The fourth-order valence-electron chi connectivity index (χ4n) is 1.99. The Hall–Kier alpha value is -1.53. The summed E-state index contributed by atoms with van der Waals surface area (Å²) >= 11 is 1.16. The van der Waals surface area contributed by atoms with Gasteiger partial charge >= 0.3 is 0 Å². The molecule has 0 unspecified atom stereocenters. The van der Waals surface area contributed by atoms with E-state index in [9.17, 15) is 15.0 Å². The van der Waals surface area contributed by atoms with Crippen molar-refractivity contribution in [1.82, 2.24) is 9.55 Å². The molecule has 7 nitrogen and oxygen atoms in total. The van der Waals surface area contributed by atoms with Gasteiger partial charge in [0.05, 0.1) is 24.3 Å². The van der Waals surface area contributed by atoms with Crippen molar-refractivity contribution in [2.45, 2.75) is 22.8 Å². The molecule has 0 radical (unpaired) electrons. The second-order valence-electron chi connectivity index (χ2n) is 4.09. The fraction of sp³-hybridized carbons (Fsp3) is 0.455. The van der Waals surface area contributed by atoms with Crippen LogP contribution in [0.25, 0.3) is 0 Å². The van der Waals surface area contributed by atoms with E-state index in [0.717, 1.165) is 11.8 Å². The van der Waals surface area contributed by atoms with Gasteiger partial charge in [0.25, 0.3) is 5.91 Å². The lowest BCUT2D eigenvalue weighted by Gasteiger charge is -2.17. The van der Waals surface area contributed by atoms with Gasteiger partial charge in [-0.1, -0.05) is 0 Å². The number of primary amides is 1. The standard InChI is InChI=1S/C11H13N3O4S/c1-2-5-7(10(12)18)13-4-14(5)11-9(17)8(16)6(3-15)19-11/h1,4,6,8-9,11,15-17H,3H2,(H2,12,18)/t6-,8-,9-,11-/m1/s1. The Kier molecular flexibility index (Phi) is 3.82. The summed E-state index contributed by atoms with van der Waals surface area (Å²) in [5.41, 5.74) is 5.24. The van der Waals surface area contributed by atoms with Gasteiger partial charge in [-0.15, -0.1) is 18.2 Å². The predicted molar refractivity (Wildman–Crippen MR) is 68.2 cm³/mol. The molecule has 1 aliphatic heterocycles. The third-order valence-corrected chi connectivity index (χ3v) is 4.52. The summed E-state index contributed by atoms with van der Waals surface area (Å²) < 4.78 is 1.41. The minimum absolute atomic E-state index is 0.0581. The molecule has 19 heavy (non-hydrogen) atoms. The number of thioether (sulfide) groups is 1. The van der Waals surface area contributed by atoms with Crippen LogP contribution in [0.5, 0.6) is 0 Å². The topological polar surface area (TPSA) is 122 Å². The van der Waals surface area contributed by atoms with Gasteiger partial charge in [-0.05, 0) is 5.92 Å². The van der Waals surface area contributed by atoms with Gasteiger partial charge in [0, 0.05) is 0 Å². The van der Waals surface area contributed by atoms with Crippen LogP contribution in [0.1, 0.15) is 21.6 Å². The molecule has 4 atom stereocenters. The SMILES string of the molecule is C#Cc1c(C(N)=O)ncn1[C@@H]1S[C@H](CO)[C@@H](O)[C@H]1O.